The van der Waals surface area contributed by atoms with Crippen LogP contribution >= 0.6 is 0 Å². The first-order chi connectivity index (χ1) is 8.18. The Morgan fingerprint density at radius 3 is 2.47 bits per heavy atom. The molecule has 0 saturated carbocycles. The van der Waals surface area contributed by atoms with Crippen molar-refractivity contribution in [2.75, 3.05) is 13.6 Å². The fourth-order valence-corrected chi connectivity index (χ4v) is 2.07. The number of likely N-dealkylation sites (N-methyl/N-ethyl adjacent to an activating group) is 1. The summed E-state index contributed by atoms with van der Waals surface area (Å²) in [6, 6.07) is 15.8. The van der Waals surface area contributed by atoms with Gasteiger partial charge in [0.15, 0.2) is 0 Å². The van der Waals surface area contributed by atoms with Crippen LogP contribution in [0.1, 0.15) is 19.4 Å². The molecule has 0 fully saturated rings. The summed E-state index contributed by atoms with van der Waals surface area (Å²) < 4.78 is 0. The summed E-state index contributed by atoms with van der Waals surface area (Å²) in [6.45, 7) is 5.60. The van der Waals surface area contributed by atoms with Crippen molar-refractivity contribution in [3.8, 4) is 0 Å². The number of benzene rings is 2. The second-order valence-electron chi connectivity index (χ2n) is 4.96. The van der Waals surface area contributed by atoms with Gasteiger partial charge in [-0.2, -0.15) is 0 Å². The highest BCUT2D eigenvalue weighted by molar-refractivity contribution is 5.85. The van der Waals surface area contributed by atoms with E-state index in [9.17, 15) is 0 Å². The molecule has 0 aromatic heterocycles. The number of rotatable bonds is 4. The van der Waals surface area contributed by atoms with Gasteiger partial charge in [0, 0.05) is 12.6 Å². The van der Waals surface area contributed by atoms with Crippen molar-refractivity contribution in [2.24, 2.45) is 0 Å². The van der Waals surface area contributed by atoms with Crippen LogP contribution in [-0.2, 0) is 6.42 Å². The van der Waals surface area contributed by atoms with Gasteiger partial charge >= 0.3 is 0 Å². The van der Waals surface area contributed by atoms with Gasteiger partial charge in [-0.25, -0.2) is 0 Å². The SMILES string of the molecule is CC(C)N(C)CCc1cccc2ccccc12. The van der Waals surface area contributed by atoms with E-state index in [1.807, 2.05) is 0 Å². The van der Waals surface area contributed by atoms with Crippen LogP contribution in [0.4, 0.5) is 0 Å². The van der Waals surface area contributed by atoms with E-state index < -0.39 is 0 Å². The quantitative estimate of drug-likeness (QED) is 0.769. The molecule has 2 rings (SSSR count). The summed E-state index contributed by atoms with van der Waals surface area (Å²) in [4.78, 5) is 2.39. The summed E-state index contributed by atoms with van der Waals surface area (Å²) in [5, 5.41) is 2.74. The molecule has 0 radical (unpaired) electrons. The third kappa shape index (κ3) is 2.86. The molecule has 1 heteroatoms. The maximum Gasteiger partial charge on any atom is 0.00356 e. The van der Waals surface area contributed by atoms with E-state index in [1.54, 1.807) is 0 Å². The van der Waals surface area contributed by atoms with Crippen molar-refractivity contribution in [3.05, 3.63) is 48.0 Å². The predicted octanol–water partition coefficient (Wildman–Crippen LogP) is 3.72. The summed E-state index contributed by atoms with van der Waals surface area (Å²) in [7, 11) is 2.19. The molecular weight excluding hydrogens is 206 g/mol. The Hall–Kier alpha value is -1.34. The van der Waals surface area contributed by atoms with E-state index >= 15 is 0 Å². The molecule has 2 aromatic carbocycles. The molecule has 0 bridgehead atoms. The molecule has 0 spiro atoms. The highest BCUT2D eigenvalue weighted by Crippen LogP contribution is 2.19. The van der Waals surface area contributed by atoms with Gasteiger partial charge in [-0.3, -0.25) is 0 Å². The molecule has 0 amide bonds. The maximum atomic E-state index is 2.39. The van der Waals surface area contributed by atoms with Crippen molar-refractivity contribution in [1.82, 2.24) is 4.90 Å². The van der Waals surface area contributed by atoms with Crippen LogP contribution < -0.4 is 0 Å². The zero-order valence-corrected chi connectivity index (χ0v) is 11.0. The second-order valence-corrected chi connectivity index (χ2v) is 4.96. The van der Waals surface area contributed by atoms with Gasteiger partial charge in [0.05, 0.1) is 0 Å². The van der Waals surface area contributed by atoms with Gasteiger partial charge in [0.1, 0.15) is 0 Å². The Kier molecular flexibility index (Phi) is 3.80. The summed E-state index contributed by atoms with van der Waals surface area (Å²) in [5.41, 5.74) is 1.45. The lowest BCUT2D eigenvalue weighted by atomic mass is 10.0. The Balaban J connectivity index is 2.19. The lowest BCUT2D eigenvalue weighted by molar-refractivity contribution is 0.278. The first-order valence-corrected chi connectivity index (χ1v) is 6.35. The normalized spacial score (nSPS) is 11.6. The molecule has 17 heavy (non-hydrogen) atoms. The van der Waals surface area contributed by atoms with Gasteiger partial charge in [0.25, 0.3) is 0 Å². The number of nitrogens with zero attached hydrogens (tertiary/aromatic N) is 1. The van der Waals surface area contributed by atoms with E-state index in [0.29, 0.717) is 6.04 Å². The predicted molar refractivity (Wildman–Crippen MR) is 75.4 cm³/mol. The largest absolute Gasteiger partial charge is 0.304 e. The van der Waals surface area contributed by atoms with Crippen LogP contribution in [0.25, 0.3) is 10.8 Å². The van der Waals surface area contributed by atoms with E-state index in [2.05, 4.69) is 68.3 Å². The number of fused-ring (bicyclic) bond motifs is 1. The van der Waals surface area contributed by atoms with Gasteiger partial charge in [-0.05, 0) is 43.7 Å². The van der Waals surface area contributed by atoms with Crippen LogP contribution in [0, 0.1) is 0 Å². The average Bonchev–Trinajstić information content (AvgIpc) is 2.35. The van der Waals surface area contributed by atoms with Crippen LogP contribution in [0.15, 0.2) is 42.5 Å². The van der Waals surface area contributed by atoms with E-state index in [0.717, 1.165) is 13.0 Å². The molecule has 90 valence electrons. The molecule has 0 heterocycles. The first kappa shape index (κ1) is 12.1. The van der Waals surface area contributed by atoms with Gasteiger partial charge < -0.3 is 4.90 Å². The van der Waals surface area contributed by atoms with E-state index in [1.165, 1.54) is 16.3 Å². The van der Waals surface area contributed by atoms with Gasteiger partial charge in [-0.15, -0.1) is 0 Å². The number of hydrogen-bond donors (Lipinski definition) is 0. The lowest BCUT2D eigenvalue weighted by Crippen LogP contribution is -2.28. The fourth-order valence-electron chi connectivity index (χ4n) is 2.07. The van der Waals surface area contributed by atoms with Crippen molar-refractivity contribution in [3.63, 3.8) is 0 Å². The third-order valence-corrected chi connectivity index (χ3v) is 3.50. The molecule has 0 aliphatic carbocycles. The Bertz CT molecular complexity index is 482. The van der Waals surface area contributed by atoms with E-state index in [4.69, 9.17) is 0 Å². The third-order valence-electron chi connectivity index (χ3n) is 3.50. The standard InChI is InChI=1S/C16H21N/c1-13(2)17(3)12-11-15-9-6-8-14-7-4-5-10-16(14)15/h4-10,13H,11-12H2,1-3H3. The van der Waals surface area contributed by atoms with Crippen LogP contribution in [0.2, 0.25) is 0 Å². The van der Waals surface area contributed by atoms with Gasteiger partial charge in [-0.1, -0.05) is 42.5 Å². The molecule has 0 aliphatic rings. The van der Waals surface area contributed by atoms with Crippen LogP contribution in [0.3, 0.4) is 0 Å². The molecule has 0 saturated heterocycles. The molecule has 0 atom stereocenters. The van der Waals surface area contributed by atoms with Gasteiger partial charge in [0.2, 0.25) is 0 Å². The first-order valence-electron chi connectivity index (χ1n) is 6.35. The number of hydrogen-bond acceptors (Lipinski definition) is 1. The zero-order chi connectivity index (χ0) is 12.3. The topological polar surface area (TPSA) is 3.24 Å². The Morgan fingerprint density at radius 1 is 1.00 bits per heavy atom. The Morgan fingerprint density at radius 2 is 1.71 bits per heavy atom. The summed E-state index contributed by atoms with van der Waals surface area (Å²) >= 11 is 0. The highest BCUT2D eigenvalue weighted by Gasteiger charge is 2.05. The minimum Gasteiger partial charge on any atom is -0.304 e. The molecule has 1 nitrogen and oxygen atoms in total. The summed E-state index contributed by atoms with van der Waals surface area (Å²) in [5.74, 6) is 0. The molecule has 2 aromatic rings. The van der Waals surface area contributed by atoms with Crippen molar-refractivity contribution < 1.29 is 0 Å². The smallest absolute Gasteiger partial charge is 0.00356 e. The average molecular weight is 227 g/mol. The molecule has 0 unspecified atom stereocenters. The van der Waals surface area contributed by atoms with Crippen LogP contribution in [-0.4, -0.2) is 24.5 Å². The van der Waals surface area contributed by atoms with Crippen molar-refractivity contribution in [2.45, 2.75) is 26.3 Å². The minimum atomic E-state index is 0.616. The monoisotopic (exact) mass is 227 g/mol. The van der Waals surface area contributed by atoms with Crippen molar-refractivity contribution >= 4 is 10.8 Å². The molecule has 0 N–H and O–H groups in total. The van der Waals surface area contributed by atoms with Crippen LogP contribution in [0.5, 0.6) is 0 Å². The summed E-state index contributed by atoms with van der Waals surface area (Å²) in [6.07, 6.45) is 1.12. The maximum absolute atomic E-state index is 2.39. The lowest BCUT2D eigenvalue weighted by Gasteiger charge is -2.21. The highest BCUT2D eigenvalue weighted by atomic mass is 15.1. The fraction of sp³-hybridized carbons (Fsp3) is 0.375. The van der Waals surface area contributed by atoms with Crippen molar-refractivity contribution in [1.29, 1.82) is 0 Å². The second kappa shape index (κ2) is 5.33. The molecular formula is C16H21N. The minimum absolute atomic E-state index is 0.616. The van der Waals surface area contributed by atoms with E-state index in [-0.39, 0.29) is 0 Å². The Labute approximate surface area is 104 Å². The zero-order valence-electron chi connectivity index (χ0n) is 11.0. The molecule has 0 aliphatic heterocycles.